The number of rotatable bonds is 6. The van der Waals surface area contributed by atoms with Crippen molar-refractivity contribution in [3.8, 4) is 12.3 Å². The quantitative estimate of drug-likeness (QED) is 0.784. The van der Waals surface area contributed by atoms with E-state index in [2.05, 4.69) is 5.92 Å². The number of carbonyl (C=O) groups excluding carboxylic acids is 1. The van der Waals surface area contributed by atoms with Crippen LogP contribution in [0.25, 0.3) is 0 Å². The van der Waals surface area contributed by atoms with Gasteiger partial charge in [0.2, 0.25) is 0 Å². The number of hydrogen-bond acceptors (Lipinski definition) is 4. The number of nitrogens with zero attached hydrogens (tertiary/aromatic N) is 1. The van der Waals surface area contributed by atoms with E-state index in [0.29, 0.717) is 5.56 Å². The second-order valence-electron chi connectivity index (χ2n) is 5.58. The van der Waals surface area contributed by atoms with Gasteiger partial charge < -0.3 is 15.7 Å². The number of nitrogens with two attached hydrogens (primary N) is 1. The Hall–Kier alpha value is -2.00. The molecule has 1 aromatic heterocycles. The van der Waals surface area contributed by atoms with Crippen molar-refractivity contribution in [1.82, 2.24) is 0 Å². The lowest BCUT2D eigenvalue weighted by Gasteiger charge is -2.24. The predicted octanol–water partition coefficient (Wildman–Crippen LogP) is 1.89. The van der Waals surface area contributed by atoms with Crippen LogP contribution in [-0.2, 0) is 17.6 Å². The number of anilines is 1. The van der Waals surface area contributed by atoms with Crippen LogP contribution in [0.15, 0.2) is 0 Å². The normalized spacial score (nSPS) is 14.7. The van der Waals surface area contributed by atoms with Crippen molar-refractivity contribution in [2.75, 3.05) is 18.0 Å². The number of carbonyl (C=O) groups is 2. The molecule has 0 fully saturated rings. The summed E-state index contributed by atoms with van der Waals surface area (Å²) in [4.78, 5) is 26.0. The molecule has 22 heavy (non-hydrogen) atoms. The molecule has 1 aliphatic rings. The number of terminal acetylenes is 1. The topological polar surface area (TPSA) is 83.6 Å². The molecule has 0 bridgehead atoms. The van der Waals surface area contributed by atoms with Crippen LogP contribution in [0.2, 0.25) is 0 Å². The van der Waals surface area contributed by atoms with Crippen molar-refractivity contribution in [3.63, 3.8) is 0 Å². The minimum Gasteiger partial charge on any atom is -0.481 e. The zero-order chi connectivity index (χ0) is 16.3. The second-order valence-corrected chi connectivity index (χ2v) is 6.66. The molecular weight excluding hydrogens is 300 g/mol. The van der Waals surface area contributed by atoms with E-state index in [1.165, 1.54) is 16.2 Å². The summed E-state index contributed by atoms with van der Waals surface area (Å²) in [5.41, 5.74) is 7.15. The average molecular weight is 320 g/mol. The molecule has 0 saturated heterocycles. The molecule has 6 heteroatoms. The third-order valence-electron chi connectivity index (χ3n) is 3.88. The Morgan fingerprint density at radius 1 is 1.45 bits per heavy atom. The fourth-order valence-corrected chi connectivity index (χ4v) is 4.17. The van der Waals surface area contributed by atoms with Crippen LogP contribution >= 0.6 is 11.3 Å². The Morgan fingerprint density at radius 2 is 2.14 bits per heavy atom. The van der Waals surface area contributed by atoms with Gasteiger partial charge in [0, 0.05) is 11.4 Å². The molecule has 118 valence electrons. The summed E-state index contributed by atoms with van der Waals surface area (Å²) in [5, 5.41) is 9.85. The standard InChI is InChI=1S/C16H20N2O3S/c1-3-8-18(9-10(2)16(20)21)15-13(14(17)19)11-6-4-5-7-12(11)22-15/h1,10H,4-9H2,2H3,(H2,17,19)(H,20,21). The maximum atomic E-state index is 11.9. The van der Waals surface area contributed by atoms with Crippen LogP contribution in [0.1, 0.15) is 40.6 Å². The number of fused-ring (bicyclic) bond motifs is 1. The van der Waals surface area contributed by atoms with E-state index in [1.807, 2.05) is 0 Å². The summed E-state index contributed by atoms with van der Waals surface area (Å²) in [7, 11) is 0. The SMILES string of the molecule is C#CCN(CC(C)C(=O)O)c1sc2c(c1C(N)=O)CCCC2. The molecule has 1 atom stereocenters. The molecule has 1 heterocycles. The first-order chi connectivity index (χ1) is 10.5. The molecule has 0 aliphatic heterocycles. The number of hydrogen-bond donors (Lipinski definition) is 2. The van der Waals surface area contributed by atoms with Gasteiger partial charge in [0.25, 0.3) is 5.91 Å². The van der Waals surface area contributed by atoms with Gasteiger partial charge in [-0.3, -0.25) is 9.59 Å². The number of primary amides is 1. The van der Waals surface area contributed by atoms with Crippen molar-refractivity contribution in [2.45, 2.75) is 32.6 Å². The van der Waals surface area contributed by atoms with Gasteiger partial charge in [-0.05, 0) is 31.2 Å². The summed E-state index contributed by atoms with van der Waals surface area (Å²) >= 11 is 1.53. The summed E-state index contributed by atoms with van der Waals surface area (Å²) < 4.78 is 0. The van der Waals surface area contributed by atoms with Crippen LogP contribution in [0.5, 0.6) is 0 Å². The molecule has 1 aromatic rings. The first-order valence-electron chi connectivity index (χ1n) is 7.31. The van der Waals surface area contributed by atoms with E-state index < -0.39 is 17.8 Å². The lowest BCUT2D eigenvalue weighted by Crippen LogP contribution is -2.33. The van der Waals surface area contributed by atoms with E-state index in [0.717, 1.165) is 36.2 Å². The van der Waals surface area contributed by atoms with Crippen molar-refractivity contribution in [2.24, 2.45) is 11.7 Å². The molecule has 1 unspecified atom stereocenters. The minimum atomic E-state index is -0.885. The van der Waals surface area contributed by atoms with Gasteiger partial charge in [0.15, 0.2) is 0 Å². The third-order valence-corrected chi connectivity index (χ3v) is 5.24. The van der Waals surface area contributed by atoms with Crippen molar-refractivity contribution in [1.29, 1.82) is 0 Å². The van der Waals surface area contributed by atoms with Crippen LogP contribution in [0.3, 0.4) is 0 Å². The molecular formula is C16H20N2O3S. The highest BCUT2D eigenvalue weighted by atomic mass is 32.1. The molecule has 5 nitrogen and oxygen atoms in total. The number of carboxylic acid groups (broad SMARTS) is 1. The van der Waals surface area contributed by atoms with Crippen LogP contribution in [-0.4, -0.2) is 30.1 Å². The van der Waals surface area contributed by atoms with Gasteiger partial charge >= 0.3 is 5.97 Å². The van der Waals surface area contributed by atoms with Gasteiger partial charge in [-0.1, -0.05) is 12.8 Å². The van der Waals surface area contributed by atoms with Crippen molar-refractivity contribution >= 4 is 28.2 Å². The highest BCUT2D eigenvalue weighted by Gasteiger charge is 2.28. The largest absolute Gasteiger partial charge is 0.481 e. The Kier molecular flexibility index (Phi) is 5.09. The van der Waals surface area contributed by atoms with Crippen LogP contribution in [0, 0.1) is 18.3 Å². The Balaban J connectivity index is 2.42. The van der Waals surface area contributed by atoms with E-state index in [1.54, 1.807) is 11.8 Å². The Labute approximate surface area is 134 Å². The second kappa shape index (κ2) is 6.84. The predicted molar refractivity (Wildman–Crippen MR) is 87.3 cm³/mol. The van der Waals surface area contributed by atoms with Crippen LogP contribution in [0.4, 0.5) is 5.00 Å². The van der Waals surface area contributed by atoms with Gasteiger partial charge in [-0.15, -0.1) is 17.8 Å². The van der Waals surface area contributed by atoms with E-state index in [4.69, 9.17) is 17.3 Å². The number of amides is 1. The lowest BCUT2D eigenvalue weighted by atomic mass is 9.95. The van der Waals surface area contributed by atoms with Gasteiger partial charge in [0.05, 0.1) is 18.0 Å². The zero-order valence-corrected chi connectivity index (χ0v) is 13.4. The number of aliphatic carboxylic acids is 1. The van der Waals surface area contributed by atoms with Crippen molar-refractivity contribution < 1.29 is 14.7 Å². The van der Waals surface area contributed by atoms with Gasteiger partial charge in [-0.25, -0.2) is 0 Å². The first kappa shape index (κ1) is 16.4. The molecule has 1 aliphatic carbocycles. The molecule has 2 rings (SSSR count). The lowest BCUT2D eigenvalue weighted by molar-refractivity contribution is -0.140. The first-order valence-corrected chi connectivity index (χ1v) is 8.12. The number of carboxylic acids is 1. The molecule has 1 amide bonds. The van der Waals surface area contributed by atoms with E-state index in [-0.39, 0.29) is 13.1 Å². The highest BCUT2D eigenvalue weighted by Crippen LogP contribution is 2.40. The van der Waals surface area contributed by atoms with Gasteiger partial charge in [-0.2, -0.15) is 0 Å². The Bertz CT molecular complexity index is 630. The average Bonchev–Trinajstić information content (AvgIpc) is 2.85. The smallest absolute Gasteiger partial charge is 0.308 e. The number of aryl methyl sites for hydroxylation is 1. The van der Waals surface area contributed by atoms with E-state index in [9.17, 15) is 9.59 Å². The van der Waals surface area contributed by atoms with Crippen molar-refractivity contribution in [3.05, 3.63) is 16.0 Å². The van der Waals surface area contributed by atoms with Gasteiger partial charge in [0.1, 0.15) is 5.00 Å². The maximum absolute atomic E-state index is 11.9. The fraction of sp³-hybridized carbons (Fsp3) is 0.500. The third kappa shape index (κ3) is 3.25. The fourth-order valence-electron chi connectivity index (χ4n) is 2.77. The highest BCUT2D eigenvalue weighted by molar-refractivity contribution is 7.16. The molecule has 0 saturated carbocycles. The molecule has 3 N–H and O–H groups in total. The number of thiophene rings is 1. The van der Waals surface area contributed by atoms with E-state index >= 15 is 0 Å². The maximum Gasteiger partial charge on any atom is 0.308 e. The molecule has 0 aromatic carbocycles. The summed E-state index contributed by atoms with van der Waals surface area (Å²) in [6.45, 7) is 2.15. The summed E-state index contributed by atoms with van der Waals surface area (Å²) in [6.07, 6.45) is 9.36. The molecule has 0 radical (unpaired) electrons. The zero-order valence-electron chi connectivity index (χ0n) is 12.6. The minimum absolute atomic E-state index is 0.261. The Morgan fingerprint density at radius 3 is 2.73 bits per heavy atom. The summed E-state index contributed by atoms with van der Waals surface area (Å²) in [5.74, 6) is 0.625. The summed E-state index contributed by atoms with van der Waals surface area (Å²) in [6, 6.07) is 0. The molecule has 0 spiro atoms. The monoisotopic (exact) mass is 320 g/mol. The van der Waals surface area contributed by atoms with Crippen LogP contribution < -0.4 is 10.6 Å².